The fraction of sp³-hybridized carbons (Fsp3) is 0.217. The summed E-state index contributed by atoms with van der Waals surface area (Å²) in [4.78, 5) is 4.87. The monoisotopic (exact) mass is 467 g/mol. The Balaban J connectivity index is 1.71. The van der Waals surface area contributed by atoms with Gasteiger partial charge in [-0.15, -0.1) is 0 Å². The molecule has 0 saturated heterocycles. The van der Waals surface area contributed by atoms with Gasteiger partial charge in [-0.3, -0.25) is 4.72 Å². The lowest BCUT2D eigenvalue weighted by Crippen LogP contribution is -2.14. The molecule has 2 aromatic carbocycles. The number of anilines is 2. The van der Waals surface area contributed by atoms with Crippen molar-refractivity contribution in [1.29, 1.82) is 0 Å². The van der Waals surface area contributed by atoms with Gasteiger partial charge in [0.2, 0.25) is 10.0 Å². The summed E-state index contributed by atoms with van der Waals surface area (Å²) in [6.07, 6.45) is 2.86. The summed E-state index contributed by atoms with van der Waals surface area (Å²) < 4.78 is 32.5. The predicted octanol–water partition coefficient (Wildman–Crippen LogP) is 2.86. The van der Waals surface area contributed by atoms with Crippen LogP contribution in [0.25, 0.3) is 28.0 Å². The van der Waals surface area contributed by atoms with E-state index in [1.54, 1.807) is 22.8 Å². The van der Waals surface area contributed by atoms with Crippen molar-refractivity contribution in [2.45, 2.75) is 0 Å². The molecular formula is C23H25N5O4S. The molecule has 0 aliphatic rings. The van der Waals surface area contributed by atoms with Crippen LogP contribution in [0.2, 0.25) is 0 Å². The average molecular weight is 468 g/mol. The van der Waals surface area contributed by atoms with E-state index >= 15 is 0 Å². The Kier molecular flexibility index (Phi) is 6.87. The van der Waals surface area contributed by atoms with Crippen LogP contribution in [0.3, 0.4) is 0 Å². The van der Waals surface area contributed by atoms with Crippen molar-refractivity contribution < 1.29 is 18.3 Å². The highest BCUT2D eigenvalue weighted by Gasteiger charge is 2.14. The first kappa shape index (κ1) is 22.7. The molecule has 4 rings (SSSR count). The number of aliphatic hydroxyl groups is 1. The number of rotatable bonds is 10. The van der Waals surface area contributed by atoms with Crippen molar-refractivity contribution in [2.24, 2.45) is 0 Å². The summed E-state index contributed by atoms with van der Waals surface area (Å²) in [7, 11) is -3.35. The van der Waals surface area contributed by atoms with Gasteiger partial charge in [0.25, 0.3) is 0 Å². The molecular weight excluding hydrogens is 442 g/mol. The highest BCUT2D eigenvalue weighted by molar-refractivity contribution is 7.92. The minimum absolute atomic E-state index is 0.0152. The van der Waals surface area contributed by atoms with E-state index in [4.69, 9.17) is 14.8 Å². The van der Waals surface area contributed by atoms with Crippen LogP contribution in [-0.4, -0.2) is 60.7 Å². The summed E-state index contributed by atoms with van der Waals surface area (Å²) in [5.74, 6) is 0.757. The zero-order chi connectivity index (χ0) is 23.3. The van der Waals surface area contributed by atoms with Crippen molar-refractivity contribution in [3.05, 3.63) is 66.9 Å². The van der Waals surface area contributed by atoms with Crippen LogP contribution in [0.5, 0.6) is 0 Å². The van der Waals surface area contributed by atoms with Gasteiger partial charge in [0.05, 0.1) is 38.0 Å². The van der Waals surface area contributed by atoms with Crippen molar-refractivity contribution >= 4 is 27.2 Å². The number of hydrogen-bond donors (Lipinski definition) is 3. The molecule has 0 bridgehead atoms. The molecule has 33 heavy (non-hydrogen) atoms. The second-order valence-corrected chi connectivity index (χ2v) is 9.15. The van der Waals surface area contributed by atoms with Crippen LogP contribution in [-0.2, 0) is 14.8 Å². The SMILES string of the molecule is CS(=O)(=O)Nc1ccc(-c2cnn3c(NCCOCCO)cc(-c4ccccc4)nc23)cc1. The lowest BCUT2D eigenvalue weighted by atomic mass is 10.1. The predicted molar refractivity (Wildman–Crippen MR) is 129 cm³/mol. The number of aliphatic hydroxyl groups excluding tert-OH is 1. The molecule has 0 fully saturated rings. The van der Waals surface area contributed by atoms with E-state index in [2.05, 4.69) is 15.1 Å². The Labute approximate surface area is 192 Å². The zero-order valence-corrected chi connectivity index (χ0v) is 18.9. The van der Waals surface area contributed by atoms with Crippen LogP contribution in [0.4, 0.5) is 11.5 Å². The normalized spacial score (nSPS) is 11.6. The van der Waals surface area contributed by atoms with Gasteiger partial charge in [-0.25, -0.2) is 13.4 Å². The molecule has 2 heterocycles. The van der Waals surface area contributed by atoms with Crippen molar-refractivity contribution in [1.82, 2.24) is 14.6 Å². The van der Waals surface area contributed by atoms with Gasteiger partial charge in [-0.1, -0.05) is 42.5 Å². The van der Waals surface area contributed by atoms with E-state index < -0.39 is 10.0 Å². The fourth-order valence-electron chi connectivity index (χ4n) is 3.40. The van der Waals surface area contributed by atoms with E-state index in [-0.39, 0.29) is 6.61 Å². The first-order valence-electron chi connectivity index (χ1n) is 10.4. The number of sulfonamides is 1. The van der Waals surface area contributed by atoms with Gasteiger partial charge in [0.1, 0.15) is 5.82 Å². The number of benzene rings is 2. The molecule has 3 N–H and O–H groups in total. The third-order valence-electron chi connectivity index (χ3n) is 4.83. The molecule has 0 amide bonds. The molecule has 0 saturated carbocycles. The Morgan fingerprint density at radius 2 is 1.79 bits per heavy atom. The van der Waals surface area contributed by atoms with Crippen molar-refractivity contribution in [3.8, 4) is 22.4 Å². The zero-order valence-electron chi connectivity index (χ0n) is 18.1. The van der Waals surface area contributed by atoms with Gasteiger partial charge in [-0.2, -0.15) is 9.61 Å². The molecule has 0 aliphatic heterocycles. The Bertz CT molecular complexity index is 1320. The molecule has 172 valence electrons. The Morgan fingerprint density at radius 1 is 1.03 bits per heavy atom. The van der Waals surface area contributed by atoms with Gasteiger partial charge < -0.3 is 15.2 Å². The first-order valence-corrected chi connectivity index (χ1v) is 12.3. The number of hydrogen-bond acceptors (Lipinski definition) is 7. The van der Waals surface area contributed by atoms with E-state index in [0.717, 1.165) is 34.5 Å². The third kappa shape index (κ3) is 5.67. The van der Waals surface area contributed by atoms with E-state index in [9.17, 15) is 8.42 Å². The molecule has 0 unspecified atom stereocenters. The molecule has 10 heteroatoms. The molecule has 2 aromatic heterocycles. The van der Waals surface area contributed by atoms with Crippen LogP contribution < -0.4 is 10.0 Å². The number of fused-ring (bicyclic) bond motifs is 1. The van der Waals surface area contributed by atoms with Gasteiger partial charge in [0.15, 0.2) is 5.65 Å². The Morgan fingerprint density at radius 3 is 2.48 bits per heavy atom. The molecule has 0 spiro atoms. The minimum Gasteiger partial charge on any atom is -0.394 e. The highest BCUT2D eigenvalue weighted by Crippen LogP contribution is 2.29. The topological polar surface area (TPSA) is 118 Å². The maximum atomic E-state index is 11.5. The summed E-state index contributed by atoms with van der Waals surface area (Å²) in [5, 5.41) is 16.7. The fourth-order valence-corrected chi connectivity index (χ4v) is 3.96. The lowest BCUT2D eigenvalue weighted by Gasteiger charge is -2.12. The molecule has 0 radical (unpaired) electrons. The van der Waals surface area contributed by atoms with Crippen molar-refractivity contribution in [2.75, 3.05) is 42.7 Å². The molecule has 9 nitrogen and oxygen atoms in total. The maximum Gasteiger partial charge on any atom is 0.229 e. The summed E-state index contributed by atoms with van der Waals surface area (Å²) >= 11 is 0. The standard InChI is InChI=1S/C23H25N5O4S/c1-33(30,31)27-19-9-7-17(8-10-19)20-16-25-28-22(24-11-13-32-14-12-29)15-21(26-23(20)28)18-5-3-2-4-6-18/h2-10,15-16,24,27,29H,11-14H2,1H3. The number of aromatic nitrogens is 3. The first-order chi connectivity index (χ1) is 15.9. The lowest BCUT2D eigenvalue weighted by molar-refractivity contribution is 0.0991. The van der Waals surface area contributed by atoms with Crippen LogP contribution in [0, 0.1) is 0 Å². The summed E-state index contributed by atoms with van der Waals surface area (Å²) in [6.45, 7) is 1.25. The van der Waals surface area contributed by atoms with Gasteiger partial charge in [-0.05, 0) is 17.7 Å². The maximum absolute atomic E-state index is 11.5. The number of nitrogens with one attached hydrogen (secondary N) is 2. The van der Waals surface area contributed by atoms with E-state index in [1.165, 1.54) is 0 Å². The number of nitrogens with zero attached hydrogens (tertiary/aromatic N) is 3. The smallest absolute Gasteiger partial charge is 0.229 e. The Hall–Kier alpha value is -3.47. The molecule has 0 atom stereocenters. The van der Waals surface area contributed by atoms with Crippen LogP contribution in [0.1, 0.15) is 0 Å². The second-order valence-electron chi connectivity index (χ2n) is 7.40. The number of ether oxygens (including phenoxy) is 1. The third-order valence-corrected chi connectivity index (χ3v) is 5.44. The summed E-state index contributed by atoms with van der Waals surface area (Å²) in [6, 6.07) is 18.9. The summed E-state index contributed by atoms with van der Waals surface area (Å²) in [5.41, 5.74) is 4.59. The van der Waals surface area contributed by atoms with E-state index in [0.29, 0.717) is 31.1 Å². The van der Waals surface area contributed by atoms with E-state index in [1.807, 2.05) is 48.5 Å². The quantitative estimate of drug-likeness (QED) is 0.307. The highest BCUT2D eigenvalue weighted by atomic mass is 32.2. The largest absolute Gasteiger partial charge is 0.394 e. The van der Waals surface area contributed by atoms with Gasteiger partial charge >= 0.3 is 0 Å². The second kappa shape index (κ2) is 9.99. The minimum atomic E-state index is -3.35. The average Bonchev–Trinajstić information content (AvgIpc) is 3.23. The van der Waals surface area contributed by atoms with Crippen LogP contribution >= 0.6 is 0 Å². The molecule has 0 aliphatic carbocycles. The van der Waals surface area contributed by atoms with Crippen LogP contribution in [0.15, 0.2) is 66.9 Å². The molecule has 4 aromatic rings. The van der Waals surface area contributed by atoms with Crippen molar-refractivity contribution in [3.63, 3.8) is 0 Å². The van der Waals surface area contributed by atoms with Gasteiger partial charge in [0, 0.05) is 29.4 Å².